The topological polar surface area (TPSA) is 9.23 Å². The number of rotatable bonds is 11. The lowest BCUT2D eigenvalue weighted by Gasteiger charge is -2.42. The number of thioether (sulfide) groups is 1. The van der Waals surface area contributed by atoms with E-state index in [1.54, 1.807) is 0 Å². The summed E-state index contributed by atoms with van der Waals surface area (Å²) in [5.74, 6) is 0.570. The molecule has 1 unspecified atom stereocenters. The lowest BCUT2D eigenvalue weighted by atomic mass is 9.89. The summed E-state index contributed by atoms with van der Waals surface area (Å²) in [5.41, 5.74) is 2.00. The van der Waals surface area contributed by atoms with E-state index in [1.807, 2.05) is 11.8 Å². The van der Waals surface area contributed by atoms with Crippen molar-refractivity contribution < 1.29 is 4.43 Å². The van der Waals surface area contributed by atoms with E-state index < -0.39 is 8.32 Å². The zero-order chi connectivity index (χ0) is 20.0. The van der Waals surface area contributed by atoms with Gasteiger partial charge in [0.25, 0.3) is 0 Å². The number of hydrogen-bond donors (Lipinski definition) is 0. The van der Waals surface area contributed by atoms with Gasteiger partial charge in [0, 0.05) is 27.4 Å². The Morgan fingerprint density at radius 2 is 1.59 bits per heavy atom. The average Bonchev–Trinajstić information content (AvgIpc) is 2.62. The molecule has 1 aliphatic rings. The second-order valence-corrected chi connectivity index (χ2v) is 15.8. The molecule has 1 aliphatic carbocycles. The Bertz CT molecular complexity index is 590. The first-order valence-corrected chi connectivity index (χ1v) is 13.9. The van der Waals surface area contributed by atoms with Crippen molar-refractivity contribution >= 4 is 31.7 Å². The van der Waals surface area contributed by atoms with E-state index in [1.165, 1.54) is 22.6 Å². The molecule has 0 spiro atoms. The molecule has 27 heavy (non-hydrogen) atoms. The molecule has 0 aliphatic heterocycles. The fourth-order valence-corrected chi connectivity index (χ4v) is 11.7. The minimum absolute atomic E-state index is 0.570. The summed E-state index contributed by atoms with van der Waals surface area (Å²) in [5, 5.41) is 1.10. The van der Waals surface area contributed by atoms with Crippen LogP contribution in [-0.4, -0.2) is 14.9 Å². The maximum Gasteiger partial charge on any atom is 0.200 e. The van der Waals surface area contributed by atoms with Crippen LogP contribution in [0.2, 0.25) is 16.6 Å². The fourth-order valence-electron chi connectivity index (χ4n) is 4.70. The van der Waals surface area contributed by atoms with Crippen LogP contribution in [0.3, 0.4) is 0 Å². The number of unbranched alkanes of at least 4 members (excludes halogenated alkanes) is 1. The third kappa shape index (κ3) is 5.65. The van der Waals surface area contributed by atoms with Crippen molar-refractivity contribution in [2.75, 3.05) is 6.61 Å². The molecular formula is C23H37ClOSSi. The smallest absolute Gasteiger partial charge is 0.200 e. The van der Waals surface area contributed by atoms with Gasteiger partial charge in [-0.15, -0.1) is 0 Å². The van der Waals surface area contributed by atoms with E-state index in [0.717, 1.165) is 24.5 Å². The fraction of sp³-hybridized carbons (Fsp3) is 0.652. The number of halogens is 1. The van der Waals surface area contributed by atoms with Gasteiger partial charge in [0.2, 0.25) is 0 Å². The summed E-state index contributed by atoms with van der Waals surface area (Å²) in [6.45, 7) is 15.1. The highest BCUT2D eigenvalue weighted by Crippen LogP contribution is 2.48. The molecular weight excluding hydrogens is 388 g/mol. The highest BCUT2D eigenvalue weighted by Gasteiger charge is 2.44. The second kappa shape index (κ2) is 10.5. The summed E-state index contributed by atoms with van der Waals surface area (Å²) in [6.07, 6.45) is 4.70. The molecule has 0 amide bonds. The van der Waals surface area contributed by atoms with Crippen LogP contribution in [0.5, 0.6) is 0 Å². The Balaban J connectivity index is 1.74. The summed E-state index contributed by atoms with van der Waals surface area (Å²) in [4.78, 5) is 2.64. The molecule has 1 nitrogen and oxygen atoms in total. The molecule has 0 aromatic heterocycles. The van der Waals surface area contributed by atoms with Gasteiger partial charge >= 0.3 is 0 Å². The van der Waals surface area contributed by atoms with Crippen molar-refractivity contribution in [3.8, 4) is 0 Å². The van der Waals surface area contributed by atoms with Crippen LogP contribution in [0, 0.1) is 5.92 Å². The summed E-state index contributed by atoms with van der Waals surface area (Å²) in [6, 6.07) is 10.5. The normalized spacial score (nSPS) is 17.9. The van der Waals surface area contributed by atoms with Crippen molar-refractivity contribution in [2.24, 2.45) is 5.92 Å². The maximum absolute atomic E-state index is 6.66. The Hall–Kier alpha value is -0.223. The predicted molar refractivity (Wildman–Crippen MR) is 124 cm³/mol. The van der Waals surface area contributed by atoms with Crippen LogP contribution in [0.25, 0.3) is 0 Å². The Morgan fingerprint density at radius 3 is 2.11 bits per heavy atom. The van der Waals surface area contributed by atoms with E-state index in [0.29, 0.717) is 22.5 Å². The molecule has 0 saturated heterocycles. The number of hydrogen-bond acceptors (Lipinski definition) is 2. The highest BCUT2D eigenvalue weighted by molar-refractivity contribution is 8.03. The van der Waals surface area contributed by atoms with Gasteiger partial charge in [0.15, 0.2) is 8.32 Å². The Kier molecular flexibility index (Phi) is 8.99. The largest absolute Gasteiger partial charge is 0.416 e. The van der Waals surface area contributed by atoms with Crippen LogP contribution < -0.4 is 0 Å². The van der Waals surface area contributed by atoms with Gasteiger partial charge in [0.05, 0.1) is 0 Å². The summed E-state index contributed by atoms with van der Waals surface area (Å²) in [7, 11) is -1.71. The van der Waals surface area contributed by atoms with Gasteiger partial charge in [-0.3, -0.25) is 0 Å². The van der Waals surface area contributed by atoms with Crippen molar-refractivity contribution in [1.29, 1.82) is 0 Å². The number of benzene rings is 1. The lowest BCUT2D eigenvalue weighted by Crippen LogP contribution is -2.47. The van der Waals surface area contributed by atoms with E-state index in [-0.39, 0.29) is 0 Å². The molecule has 0 fully saturated rings. The molecule has 1 aromatic carbocycles. The lowest BCUT2D eigenvalue weighted by molar-refractivity contribution is 0.265. The van der Waals surface area contributed by atoms with Crippen molar-refractivity contribution in [2.45, 2.75) is 88.7 Å². The third-order valence-corrected chi connectivity index (χ3v) is 14.0. The van der Waals surface area contributed by atoms with E-state index in [2.05, 4.69) is 71.9 Å². The van der Waals surface area contributed by atoms with Crippen LogP contribution in [-0.2, 0) is 4.43 Å². The SMILES string of the molecule is CC(C)[Si](OCCCCC1CC(Sc2ccccc2)=C1Cl)(C(C)C)C(C)C. The van der Waals surface area contributed by atoms with Gasteiger partial charge in [0.1, 0.15) is 0 Å². The molecule has 152 valence electrons. The quantitative estimate of drug-likeness (QED) is 0.259. The van der Waals surface area contributed by atoms with Gasteiger partial charge in [-0.2, -0.15) is 0 Å². The zero-order valence-electron chi connectivity index (χ0n) is 17.9. The van der Waals surface area contributed by atoms with Crippen molar-refractivity contribution in [1.82, 2.24) is 0 Å². The molecule has 1 aromatic rings. The van der Waals surface area contributed by atoms with Crippen LogP contribution >= 0.6 is 23.4 Å². The molecule has 4 heteroatoms. The first kappa shape index (κ1) is 23.1. The van der Waals surface area contributed by atoms with Crippen molar-refractivity contribution in [3.05, 3.63) is 40.3 Å². The minimum atomic E-state index is -1.71. The first-order chi connectivity index (χ1) is 12.8. The maximum atomic E-state index is 6.66. The first-order valence-electron chi connectivity index (χ1n) is 10.5. The summed E-state index contributed by atoms with van der Waals surface area (Å²) < 4.78 is 6.66. The second-order valence-electron chi connectivity index (χ2n) is 8.75. The third-order valence-electron chi connectivity index (χ3n) is 6.05. The number of allylic oxidation sites excluding steroid dienone is 2. The van der Waals surface area contributed by atoms with E-state index in [9.17, 15) is 0 Å². The molecule has 0 saturated carbocycles. The average molecular weight is 425 g/mol. The van der Waals surface area contributed by atoms with Crippen LogP contribution in [0.15, 0.2) is 45.2 Å². The Labute approximate surface area is 177 Å². The minimum Gasteiger partial charge on any atom is -0.416 e. The summed E-state index contributed by atoms with van der Waals surface area (Å²) >= 11 is 8.40. The molecule has 0 bridgehead atoms. The Morgan fingerprint density at radius 1 is 1.00 bits per heavy atom. The van der Waals surface area contributed by atoms with Crippen LogP contribution in [0.1, 0.15) is 67.2 Å². The van der Waals surface area contributed by atoms with E-state index >= 15 is 0 Å². The molecule has 2 rings (SSSR count). The molecule has 0 radical (unpaired) electrons. The predicted octanol–water partition coefficient (Wildman–Crippen LogP) is 8.61. The van der Waals surface area contributed by atoms with Gasteiger partial charge in [-0.25, -0.2) is 0 Å². The van der Waals surface area contributed by atoms with Gasteiger partial charge in [-0.1, -0.05) is 89.5 Å². The van der Waals surface area contributed by atoms with Gasteiger partial charge < -0.3 is 4.43 Å². The standard InChI is InChI=1S/C23H37ClOSSi/c1-17(2)27(18(3)4,19(5)6)25-15-11-10-12-20-16-22(23(20)24)26-21-13-8-7-9-14-21/h7-9,13-14,17-20H,10-12,15-16H2,1-6H3. The molecule has 0 N–H and O–H groups in total. The molecule has 0 heterocycles. The monoisotopic (exact) mass is 424 g/mol. The van der Waals surface area contributed by atoms with E-state index in [4.69, 9.17) is 16.0 Å². The van der Waals surface area contributed by atoms with Crippen molar-refractivity contribution in [3.63, 3.8) is 0 Å². The zero-order valence-corrected chi connectivity index (χ0v) is 20.5. The molecule has 1 atom stereocenters. The highest BCUT2D eigenvalue weighted by atomic mass is 35.5. The van der Waals surface area contributed by atoms with Gasteiger partial charge in [-0.05, 0) is 48.0 Å². The van der Waals surface area contributed by atoms with Crippen LogP contribution in [0.4, 0.5) is 0 Å².